The zero-order valence-corrected chi connectivity index (χ0v) is 11.1. The zero-order chi connectivity index (χ0) is 13.1. The fourth-order valence-electron chi connectivity index (χ4n) is 1.66. The molecule has 2 rings (SSSR count). The molecule has 8 heteroatoms. The van der Waals surface area contributed by atoms with Crippen molar-refractivity contribution < 1.29 is 9.90 Å². The number of aromatic amines is 1. The van der Waals surface area contributed by atoms with Gasteiger partial charge in [-0.15, -0.1) is 0 Å². The van der Waals surface area contributed by atoms with Crippen LogP contribution in [0.3, 0.4) is 0 Å². The number of aromatic carboxylic acids is 1. The predicted octanol–water partition coefficient (Wildman–Crippen LogP) is 0.0834. The minimum absolute atomic E-state index is 0.272. The topological polar surface area (TPSA) is 92.2 Å². The Morgan fingerprint density at radius 2 is 2.28 bits per heavy atom. The lowest BCUT2D eigenvalue weighted by Crippen LogP contribution is -2.36. The van der Waals surface area contributed by atoms with Gasteiger partial charge in [0, 0.05) is 35.3 Å². The van der Waals surface area contributed by atoms with Crippen molar-refractivity contribution in [2.45, 2.75) is 11.8 Å². The lowest BCUT2D eigenvalue weighted by atomic mass is 10.3. The molecular weight excluding hydrogens is 276 g/mol. The molecule has 0 aliphatic carbocycles. The van der Waals surface area contributed by atoms with Gasteiger partial charge in [-0.1, -0.05) is 0 Å². The summed E-state index contributed by atoms with van der Waals surface area (Å²) in [6.07, 6.45) is 1.13. The maximum Gasteiger partial charge on any atom is 0.342 e. The molecule has 0 spiro atoms. The summed E-state index contributed by atoms with van der Waals surface area (Å²) in [7, 11) is 0. The minimum atomic E-state index is -1.32. The van der Waals surface area contributed by atoms with E-state index < -0.39 is 22.8 Å². The summed E-state index contributed by atoms with van der Waals surface area (Å²) >= 11 is 3.58. The van der Waals surface area contributed by atoms with Crippen LogP contribution < -0.4 is 11.2 Å². The van der Waals surface area contributed by atoms with Gasteiger partial charge in [0.05, 0.1) is 0 Å². The van der Waals surface area contributed by atoms with Gasteiger partial charge in [0.2, 0.25) is 0 Å². The number of hydrogen-bond donors (Lipinski definition) is 2. The second-order valence-electron chi connectivity index (χ2n) is 3.83. The van der Waals surface area contributed by atoms with Crippen LogP contribution >= 0.6 is 23.5 Å². The molecule has 1 fully saturated rings. The smallest absolute Gasteiger partial charge is 0.342 e. The van der Waals surface area contributed by atoms with E-state index >= 15 is 0 Å². The fourth-order valence-corrected chi connectivity index (χ4v) is 4.32. The second-order valence-corrected chi connectivity index (χ2v) is 6.39. The summed E-state index contributed by atoms with van der Waals surface area (Å²) < 4.78 is 1.27. The number of carboxylic acids is 1. The number of carboxylic acid groups (broad SMARTS) is 1. The van der Waals surface area contributed by atoms with Gasteiger partial charge < -0.3 is 5.11 Å². The highest BCUT2D eigenvalue weighted by Crippen LogP contribution is 2.24. The Morgan fingerprint density at radius 1 is 1.50 bits per heavy atom. The van der Waals surface area contributed by atoms with Crippen LogP contribution in [0.5, 0.6) is 0 Å². The van der Waals surface area contributed by atoms with E-state index in [2.05, 4.69) is 0 Å². The van der Waals surface area contributed by atoms with Gasteiger partial charge in [-0.05, 0) is 0 Å². The average molecular weight is 288 g/mol. The molecule has 0 saturated carbocycles. The van der Waals surface area contributed by atoms with Crippen LogP contribution in [0.1, 0.15) is 10.4 Å². The van der Waals surface area contributed by atoms with Crippen molar-refractivity contribution in [1.29, 1.82) is 0 Å². The summed E-state index contributed by atoms with van der Waals surface area (Å²) in [6, 6.07) is 0. The molecule has 0 aromatic carbocycles. The molecule has 1 unspecified atom stereocenters. The van der Waals surface area contributed by atoms with Crippen LogP contribution in [-0.4, -0.2) is 43.1 Å². The second kappa shape index (κ2) is 5.66. The summed E-state index contributed by atoms with van der Waals surface area (Å²) in [6.45, 7) is 0.424. The molecule has 1 aromatic heterocycles. The Morgan fingerprint density at radius 3 is 2.89 bits per heavy atom. The molecule has 1 aliphatic rings. The maximum atomic E-state index is 11.6. The normalized spacial score (nSPS) is 19.7. The van der Waals surface area contributed by atoms with Crippen LogP contribution in [0, 0.1) is 0 Å². The van der Waals surface area contributed by atoms with Crippen molar-refractivity contribution in [1.82, 2.24) is 9.55 Å². The van der Waals surface area contributed by atoms with Gasteiger partial charge in [-0.2, -0.15) is 23.5 Å². The third kappa shape index (κ3) is 2.99. The van der Waals surface area contributed by atoms with Gasteiger partial charge in [0.15, 0.2) is 0 Å². The number of nitrogens with zero attached hydrogens (tertiary/aromatic N) is 1. The Bertz CT molecular complexity index is 560. The van der Waals surface area contributed by atoms with Crippen molar-refractivity contribution in [2.75, 3.05) is 17.3 Å². The third-order valence-corrected chi connectivity index (χ3v) is 5.35. The van der Waals surface area contributed by atoms with E-state index in [9.17, 15) is 14.4 Å². The van der Waals surface area contributed by atoms with Gasteiger partial charge in [0.25, 0.3) is 5.56 Å². The van der Waals surface area contributed by atoms with Crippen LogP contribution in [0.25, 0.3) is 0 Å². The van der Waals surface area contributed by atoms with Crippen LogP contribution in [0.2, 0.25) is 0 Å². The Kier molecular flexibility index (Phi) is 4.18. The van der Waals surface area contributed by atoms with Crippen LogP contribution in [-0.2, 0) is 6.54 Å². The van der Waals surface area contributed by atoms with Crippen molar-refractivity contribution in [2.24, 2.45) is 0 Å². The largest absolute Gasteiger partial charge is 0.477 e. The lowest BCUT2D eigenvalue weighted by molar-refractivity contribution is 0.0693. The molecule has 2 heterocycles. The van der Waals surface area contributed by atoms with Gasteiger partial charge in [-0.3, -0.25) is 14.3 Å². The molecule has 1 aliphatic heterocycles. The molecule has 2 N–H and O–H groups in total. The average Bonchev–Trinajstić information content (AvgIpc) is 2.33. The highest BCUT2D eigenvalue weighted by molar-refractivity contribution is 8.06. The van der Waals surface area contributed by atoms with Crippen molar-refractivity contribution in [3.05, 3.63) is 32.6 Å². The van der Waals surface area contributed by atoms with E-state index in [4.69, 9.17) is 5.11 Å². The fraction of sp³-hybridized carbons (Fsp3) is 0.500. The molecule has 98 valence electrons. The van der Waals surface area contributed by atoms with E-state index in [-0.39, 0.29) is 5.25 Å². The van der Waals surface area contributed by atoms with Crippen molar-refractivity contribution in [3.63, 3.8) is 0 Å². The lowest BCUT2D eigenvalue weighted by Gasteiger charge is -2.21. The highest BCUT2D eigenvalue weighted by Gasteiger charge is 2.17. The van der Waals surface area contributed by atoms with Gasteiger partial charge in [-0.25, -0.2) is 9.59 Å². The number of thioether (sulfide) groups is 2. The Hall–Kier alpha value is -1.15. The molecule has 1 saturated heterocycles. The minimum Gasteiger partial charge on any atom is -0.477 e. The number of carbonyl (C=O) groups is 1. The highest BCUT2D eigenvalue weighted by atomic mass is 32.2. The number of nitrogens with one attached hydrogen (secondary N) is 1. The van der Waals surface area contributed by atoms with Crippen molar-refractivity contribution >= 4 is 29.5 Å². The number of H-pyrrole nitrogens is 1. The maximum absolute atomic E-state index is 11.6. The third-order valence-electron chi connectivity index (χ3n) is 2.53. The first-order valence-corrected chi connectivity index (χ1v) is 7.54. The Balaban J connectivity index is 2.26. The van der Waals surface area contributed by atoms with Gasteiger partial charge in [0.1, 0.15) is 5.56 Å². The Labute approximate surface area is 111 Å². The number of hydrogen-bond acceptors (Lipinski definition) is 5. The quantitative estimate of drug-likeness (QED) is 0.818. The zero-order valence-electron chi connectivity index (χ0n) is 9.42. The van der Waals surface area contributed by atoms with E-state index in [0.29, 0.717) is 6.54 Å². The monoisotopic (exact) mass is 288 g/mol. The predicted molar refractivity (Wildman–Crippen MR) is 71.9 cm³/mol. The van der Waals surface area contributed by atoms with Crippen LogP contribution in [0.15, 0.2) is 15.8 Å². The van der Waals surface area contributed by atoms with E-state index in [0.717, 1.165) is 23.5 Å². The van der Waals surface area contributed by atoms with E-state index in [1.165, 1.54) is 4.57 Å². The first-order valence-electron chi connectivity index (χ1n) is 5.34. The summed E-state index contributed by atoms with van der Waals surface area (Å²) in [4.78, 5) is 35.7. The molecule has 0 radical (unpaired) electrons. The summed E-state index contributed by atoms with van der Waals surface area (Å²) in [5.74, 6) is 1.73. The molecule has 0 bridgehead atoms. The van der Waals surface area contributed by atoms with Crippen LogP contribution in [0.4, 0.5) is 0 Å². The van der Waals surface area contributed by atoms with Gasteiger partial charge >= 0.3 is 11.7 Å². The molecule has 18 heavy (non-hydrogen) atoms. The molecule has 1 aromatic rings. The number of aromatic nitrogens is 2. The van der Waals surface area contributed by atoms with E-state index in [1.54, 1.807) is 11.8 Å². The van der Waals surface area contributed by atoms with Crippen molar-refractivity contribution in [3.8, 4) is 0 Å². The first-order chi connectivity index (χ1) is 8.58. The molecular formula is C10H12N2O4S2. The molecule has 6 nitrogen and oxygen atoms in total. The number of rotatable bonds is 3. The molecule has 1 atom stereocenters. The van der Waals surface area contributed by atoms with E-state index in [1.807, 2.05) is 16.7 Å². The summed E-state index contributed by atoms with van der Waals surface area (Å²) in [5, 5.41) is 9.11. The summed E-state index contributed by atoms with van der Waals surface area (Å²) in [5.41, 5.74) is -1.81. The first kappa shape index (κ1) is 13.3. The standard InChI is InChI=1S/C10H12N2O4S2/c13-8-7(9(14)15)4-12(10(16)11-8)3-6-5-17-1-2-18-6/h4,6H,1-3,5H2,(H,14,15)(H,11,13,16). The SMILES string of the molecule is O=C(O)c1cn(CC2CSCCS2)c(=O)[nH]c1=O. The molecule has 0 amide bonds.